The fraction of sp³-hybridized carbons (Fsp3) is 0.917. The number of rotatable bonds is 8. The molecule has 0 bridgehead atoms. The average Bonchev–Trinajstić information content (AvgIpc) is 2.21. The Morgan fingerprint density at radius 1 is 1.33 bits per heavy atom. The summed E-state index contributed by atoms with van der Waals surface area (Å²) in [5.74, 6) is 1.46. The van der Waals surface area contributed by atoms with Gasteiger partial charge in [0, 0.05) is 13.0 Å². The van der Waals surface area contributed by atoms with Gasteiger partial charge in [0.25, 0.3) is 0 Å². The molecule has 0 aliphatic rings. The third-order valence-electron chi connectivity index (χ3n) is 2.85. The fourth-order valence-corrected chi connectivity index (χ4v) is 1.82. The second-order valence-corrected chi connectivity index (χ2v) is 4.75. The van der Waals surface area contributed by atoms with Crippen LogP contribution in [0.2, 0.25) is 0 Å². The van der Waals surface area contributed by atoms with Crippen LogP contribution in [0.3, 0.4) is 0 Å². The third kappa shape index (κ3) is 6.63. The zero-order chi connectivity index (χ0) is 11.8. The summed E-state index contributed by atoms with van der Waals surface area (Å²) in [7, 11) is 0. The largest absolute Gasteiger partial charge is 0.328 e. The molecular weight excluding hydrogens is 188 g/mol. The Labute approximate surface area is 93.6 Å². The highest BCUT2D eigenvalue weighted by Gasteiger charge is 2.15. The van der Waals surface area contributed by atoms with Crippen LogP contribution in [0.5, 0.6) is 0 Å². The maximum absolute atomic E-state index is 11.5. The molecule has 90 valence electrons. The molecule has 0 aliphatic heterocycles. The number of carbonyl (C=O) groups is 1. The van der Waals surface area contributed by atoms with Crippen LogP contribution in [0, 0.1) is 11.8 Å². The third-order valence-corrected chi connectivity index (χ3v) is 2.85. The van der Waals surface area contributed by atoms with Crippen LogP contribution < -0.4 is 11.5 Å². The van der Waals surface area contributed by atoms with Crippen LogP contribution in [0.1, 0.15) is 46.5 Å². The Morgan fingerprint density at radius 2 is 1.93 bits per heavy atom. The van der Waals surface area contributed by atoms with Crippen molar-refractivity contribution in [1.29, 1.82) is 0 Å². The second kappa shape index (κ2) is 7.83. The van der Waals surface area contributed by atoms with Crippen molar-refractivity contribution < 1.29 is 4.79 Å². The van der Waals surface area contributed by atoms with E-state index in [0.717, 1.165) is 12.8 Å². The number of ketones is 1. The van der Waals surface area contributed by atoms with Crippen LogP contribution in [-0.4, -0.2) is 18.4 Å². The van der Waals surface area contributed by atoms with E-state index in [4.69, 9.17) is 11.5 Å². The van der Waals surface area contributed by atoms with Crippen molar-refractivity contribution in [2.45, 2.75) is 52.5 Å². The second-order valence-electron chi connectivity index (χ2n) is 4.75. The molecule has 3 heteroatoms. The van der Waals surface area contributed by atoms with Crippen molar-refractivity contribution in [3.63, 3.8) is 0 Å². The molecule has 0 aromatic carbocycles. The molecule has 0 heterocycles. The molecule has 0 rings (SSSR count). The molecule has 2 atom stereocenters. The quantitative estimate of drug-likeness (QED) is 0.646. The van der Waals surface area contributed by atoms with Crippen molar-refractivity contribution >= 4 is 5.78 Å². The molecular formula is C12H26N2O. The van der Waals surface area contributed by atoms with Gasteiger partial charge >= 0.3 is 0 Å². The maximum atomic E-state index is 11.5. The van der Waals surface area contributed by atoms with Crippen LogP contribution in [-0.2, 0) is 4.79 Å². The molecule has 2 unspecified atom stereocenters. The zero-order valence-electron chi connectivity index (χ0n) is 10.3. The van der Waals surface area contributed by atoms with Gasteiger partial charge in [0.05, 0.1) is 6.04 Å². The Kier molecular flexibility index (Phi) is 7.61. The smallest absolute Gasteiger partial charge is 0.150 e. The maximum Gasteiger partial charge on any atom is 0.150 e. The summed E-state index contributed by atoms with van der Waals surface area (Å²) in [4.78, 5) is 11.5. The topological polar surface area (TPSA) is 69.1 Å². The number of carbonyl (C=O) groups excluding carboxylic acids is 1. The van der Waals surface area contributed by atoms with E-state index in [1.165, 1.54) is 6.42 Å². The van der Waals surface area contributed by atoms with Crippen LogP contribution in [0.15, 0.2) is 0 Å². The lowest BCUT2D eigenvalue weighted by molar-refractivity contribution is -0.120. The standard InChI is InChI=1S/C12H26N2O/c1-4-10(7-9(2)3)5-6-12(15)11(14)8-13/h9-11H,4-8,13-14H2,1-3H3. The van der Waals surface area contributed by atoms with Crippen molar-refractivity contribution in [3.8, 4) is 0 Å². The van der Waals surface area contributed by atoms with Crippen LogP contribution >= 0.6 is 0 Å². The summed E-state index contributed by atoms with van der Waals surface area (Å²) in [6, 6.07) is -0.457. The van der Waals surface area contributed by atoms with E-state index in [1.807, 2.05) is 0 Å². The SMILES string of the molecule is CCC(CCC(=O)C(N)CN)CC(C)C. The molecule has 15 heavy (non-hydrogen) atoms. The Bertz CT molecular complexity index is 180. The van der Waals surface area contributed by atoms with Gasteiger partial charge in [0.15, 0.2) is 5.78 Å². The van der Waals surface area contributed by atoms with Gasteiger partial charge in [-0.25, -0.2) is 0 Å². The first-order valence-electron chi connectivity index (χ1n) is 5.99. The lowest BCUT2D eigenvalue weighted by Gasteiger charge is -2.17. The summed E-state index contributed by atoms with van der Waals surface area (Å²) >= 11 is 0. The van der Waals surface area contributed by atoms with E-state index in [9.17, 15) is 4.79 Å². The van der Waals surface area contributed by atoms with Gasteiger partial charge in [0.2, 0.25) is 0 Å². The minimum atomic E-state index is -0.457. The highest BCUT2D eigenvalue weighted by molar-refractivity contribution is 5.83. The van der Waals surface area contributed by atoms with Gasteiger partial charge in [-0.2, -0.15) is 0 Å². The first-order valence-corrected chi connectivity index (χ1v) is 5.99. The van der Waals surface area contributed by atoms with Gasteiger partial charge in [-0.15, -0.1) is 0 Å². The van der Waals surface area contributed by atoms with E-state index in [-0.39, 0.29) is 12.3 Å². The van der Waals surface area contributed by atoms with Crippen molar-refractivity contribution in [1.82, 2.24) is 0 Å². The fourth-order valence-electron chi connectivity index (χ4n) is 1.82. The molecule has 0 aromatic rings. The molecule has 0 saturated carbocycles. The van der Waals surface area contributed by atoms with Gasteiger partial charge in [-0.3, -0.25) is 4.79 Å². The molecule has 4 N–H and O–H groups in total. The summed E-state index contributed by atoms with van der Waals surface area (Å²) < 4.78 is 0. The number of nitrogens with two attached hydrogens (primary N) is 2. The normalized spacial score (nSPS) is 15.3. The van der Waals surface area contributed by atoms with Gasteiger partial charge in [-0.1, -0.05) is 27.2 Å². The predicted octanol–water partition coefficient (Wildman–Crippen LogP) is 1.69. The molecule has 0 radical (unpaired) electrons. The van der Waals surface area contributed by atoms with Crippen molar-refractivity contribution in [2.24, 2.45) is 23.3 Å². The Balaban J connectivity index is 3.84. The van der Waals surface area contributed by atoms with E-state index < -0.39 is 6.04 Å². The Hall–Kier alpha value is -0.410. The van der Waals surface area contributed by atoms with Crippen LogP contribution in [0.25, 0.3) is 0 Å². The Morgan fingerprint density at radius 3 is 2.33 bits per heavy atom. The van der Waals surface area contributed by atoms with E-state index in [0.29, 0.717) is 18.3 Å². The summed E-state index contributed by atoms with van der Waals surface area (Å²) in [6.07, 6.45) is 3.88. The van der Waals surface area contributed by atoms with Gasteiger partial charge in [0.1, 0.15) is 0 Å². The molecule has 0 saturated heterocycles. The number of hydrogen-bond donors (Lipinski definition) is 2. The highest BCUT2D eigenvalue weighted by atomic mass is 16.1. The predicted molar refractivity (Wildman–Crippen MR) is 64.5 cm³/mol. The molecule has 0 fully saturated rings. The van der Waals surface area contributed by atoms with Gasteiger partial charge < -0.3 is 11.5 Å². The first kappa shape index (κ1) is 14.6. The first-order chi connectivity index (χ1) is 7.01. The molecule has 0 spiro atoms. The average molecular weight is 214 g/mol. The van der Waals surface area contributed by atoms with Crippen LogP contribution in [0.4, 0.5) is 0 Å². The van der Waals surface area contributed by atoms with Crippen molar-refractivity contribution in [3.05, 3.63) is 0 Å². The monoisotopic (exact) mass is 214 g/mol. The van der Waals surface area contributed by atoms with E-state index >= 15 is 0 Å². The van der Waals surface area contributed by atoms with Gasteiger partial charge in [-0.05, 0) is 24.7 Å². The summed E-state index contributed by atoms with van der Waals surface area (Å²) in [5.41, 5.74) is 10.9. The van der Waals surface area contributed by atoms with Crippen molar-refractivity contribution in [2.75, 3.05) is 6.54 Å². The molecule has 0 amide bonds. The highest BCUT2D eigenvalue weighted by Crippen LogP contribution is 2.20. The zero-order valence-corrected chi connectivity index (χ0v) is 10.3. The lowest BCUT2D eigenvalue weighted by atomic mass is 9.89. The summed E-state index contributed by atoms with van der Waals surface area (Å²) in [6.45, 7) is 6.88. The summed E-state index contributed by atoms with van der Waals surface area (Å²) in [5, 5.41) is 0. The number of Topliss-reactive ketones (excluding diaryl/α,β-unsaturated/α-hetero) is 1. The molecule has 0 aromatic heterocycles. The molecule has 0 aliphatic carbocycles. The van der Waals surface area contributed by atoms with E-state index in [2.05, 4.69) is 20.8 Å². The number of hydrogen-bond acceptors (Lipinski definition) is 3. The minimum absolute atomic E-state index is 0.111. The minimum Gasteiger partial charge on any atom is -0.328 e. The lowest BCUT2D eigenvalue weighted by Crippen LogP contribution is -2.37. The molecule has 3 nitrogen and oxygen atoms in total. The van der Waals surface area contributed by atoms with E-state index in [1.54, 1.807) is 0 Å².